The SMILES string of the molecule is CCN1CCCC(NC(=O)C2(OC)CCNCC2)C1.Cl.Cl. The van der Waals surface area contributed by atoms with Gasteiger partial charge in [-0.2, -0.15) is 0 Å². The van der Waals surface area contributed by atoms with E-state index in [9.17, 15) is 4.79 Å². The number of amides is 1. The molecule has 2 aliphatic rings. The highest BCUT2D eigenvalue weighted by Crippen LogP contribution is 2.23. The largest absolute Gasteiger partial charge is 0.368 e. The number of likely N-dealkylation sites (tertiary alicyclic amines) is 1. The number of likely N-dealkylation sites (N-methyl/N-ethyl adjacent to an activating group) is 1. The fourth-order valence-corrected chi connectivity index (χ4v) is 3.13. The van der Waals surface area contributed by atoms with Crippen molar-refractivity contribution in [2.45, 2.75) is 44.2 Å². The van der Waals surface area contributed by atoms with Crippen LogP contribution in [0.3, 0.4) is 0 Å². The van der Waals surface area contributed by atoms with Crippen molar-refractivity contribution >= 4 is 30.7 Å². The highest BCUT2D eigenvalue weighted by Gasteiger charge is 2.40. The van der Waals surface area contributed by atoms with Gasteiger partial charge in [0.1, 0.15) is 5.60 Å². The van der Waals surface area contributed by atoms with Crippen molar-refractivity contribution in [2.24, 2.45) is 0 Å². The second-order valence-corrected chi connectivity index (χ2v) is 5.65. The zero-order chi connectivity index (χ0) is 13.7. The van der Waals surface area contributed by atoms with Crippen molar-refractivity contribution < 1.29 is 9.53 Å². The highest BCUT2D eigenvalue weighted by atomic mass is 35.5. The average Bonchev–Trinajstić information content (AvgIpc) is 2.48. The first-order chi connectivity index (χ1) is 9.20. The summed E-state index contributed by atoms with van der Waals surface area (Å²) in [6, 6.07) is 0.281. The molecule has 0 aromatic rings. The van der Waals surface area contributed by atoms with Gasteiger partial charge >= 0.3 is 0 Å². The number of methoxy groups -OCH3 is 1. The van der Waals surface area contributed by atoms with Gasteiger partial charge in [0.15, 0.2) is 0 Å². The minimum atomic E-state index is -0.611. The van der Waals surface area contributed by atoms with Crippen LogP contribution < -0.4 is 10.6 Å². The van der Waals surface area contributed by atoms with Crippen LogP contribution in [0.4, 0.5) is 0 Å². The van der Waals surface area contributed by atoms with Gasteiger partial charge < -0.3 is 20.3 Å². The maximum Gasteiger partial charge on any atom is 0.252 e. The van der Waals surface area contributed by atoms with Crippen molar-refractivity contribution in [3.05, 3.63) is 0 Å². The molecule has 0 saturated carbocycles. The molecule has 21 heavy (non-hydrogen) atoms. The molecule has 2 fully saturated rings. The van der Waals surface area contributed by atoms with Crippen LogP contribution in [-0.2, 0) is 9.53 Å². The molecule has 7 heteroatoms. The number of hydrogen-bond donors (Lipinski definition) is 2. The predicted molar refractivity (Wildman–Crippen MR) is 89.6 cm³/mol. The van der Waals surface area contributed by atoms with Gasteiger partial charge in [-0.1, -0.05) is 6.92 Å². The Hall–Kier alpha value is -0.0700. The molecule has 0 spiro atoms. The molecule has 1 unspecified atom stereocenters. The number of carbonyl (C=O) groups is 1. The topological polar surface area (TPSA) is 53.6 Å². The van der Waals surface area contributed by atoms with E-state index in [0.29, 0.717) is 0 Å². The van der Waals surface area contributed by atoms with Crippen molar-refractivity contribution in [1.82, 2.24) is 15.5 Å². The molecule has 0 bridgehead atoms. The fourth-order valence-electron chi connectivity index (χ4n) is 3.13. The van der Waals surface area contributed by atoms with Gasteiger partial charge in [-0.25, -0.2) is 0 Å². The predicted octanol–water partition coefficient (Wildman–Crippen LogP) is 1.20. The summed E-state index contributed by atoms with van der Waals surface area (Å²) in [7, 11) is 1.66. The molecule has 126 valence electrons. The van der Waals surface area contributed by atoms with Crippen LogP contribution in [0.15, 0.2) is 0 Å². The molecule has 1 amide bonds. The van der Waals surface area contributed by atoms with E-state index in [1.54, 1.807) is 7.11 Å². The number of nitrogens with one attached hydrogen (secondary N) is 2. The first kappa shape index (κ1) is 20.9. The van der Waals surface area contributed by atoms with E-state index in [-0.39, 0.29) is 36.8 Å². The van der Waals surface area contributed by atoms with Crippen LogP contribution >= 0.6 is 24.8 Å². The molecule has 2 heterocycles. The third-order valence-corrected chi connectivity index (χ3v) is 4.50. The maximum atomic E-state index is 12.5. The molecule has 5 nitrogen and oxygen atoms in total. The average molecular weight is 342 g/mol. The number of carbonyl (C=O) groups excluding carboxylic acids is 1. The fraction of sp³-hybridized carbons (Fsp3) is 0.929. The van der Waals surface area contributed by atoms with Crippen LogP contribution in [0, 0.1) is 0 Å². The summed E-state index contributed by atoms with van der Waals surface area (Å²) >= 11 is 0. The summed E-state index contributed by atoms with van der Waals surface area (Å²) in [6.45, 7) is 7.07. The smallest absolute Gasteiger partial charge is 0.252 e. The standard InChI is InChI=1S/C14H27N3O2.2ClH/c1-3-17-10-4-5-12(11-17)16-13(18)14(19-2)6-8-15-9-7-14;;/h12,15H,3-11H2,1-2H3,(H,16,18);2*1H. The highest BCUT2D eigenvalue weighted by molar-refractivity contribution is 5.86. The summed E-state index contributed by atoms with van der Waals surface area (Å²) in [5.41, 5.74) is -0.611. The van der Waals surface area contributed by atoms with Gasteiger partial charge in [-0.05, 0) is 51.9 Å². The molecule has 2 rings (SSSR count). The molecule has 2 N–H and O–H groups in total. The zero-order valence-corrected chi connectivity index (χ0v) is 14.7. The second-order valence-electron chi connectivity index (χ2n) is 5.65. The van der Waals surface area contributed by atoms with Gasteiger partial charge in [0, 0.05) is 19.7 Å². The van der Waals surface area contributed by atoms with E-state index < -0.39 is 5.60 Å². The molecule has 2 saturated heterocycles. The Morgan fingerprint density at radius 2 is 2.05 bits per heavy atom. The number of ether oxygens (including phenoxy) is 1. The van der Waals surface area contributed by atoms with E-state index in [4.69, 9.17) is 4.74 Å². The third kappa shape index (κ3) is 5.25. The quantitative estimate of drug-likeness (QED) is 0.806. The molecule has 0 aromatic heterocycles. The van der Waals surface area contributed by atoms with Crippen LogP contribution in [0.2, 0.25) is 0 Å². The van der Waals surface area contributed by atoms with Crippen molar-refractivity contribution in [1.29, 1.82) is 0 Å². The number of piperidine rings is 2. The molecular weight excluding hydrogens is 313 g/mol. The molecule has 0 aliphatic carbocycles. The van der Waals surface area contributed by atoms with Crippen LogP contribution in [0.1, 0.15) is 32.6 Å². The van der Waals surface area contributed by atoms with E-state index >= 15 is 0 Å². The lowest BCUT2D eigenvalue weighted by molar-refractivity contribution is -0.147. The zero-order valence-electron chi connectivity index (χ0n) is 13.0. The van der Waals surface area contributed by atoms with Gasteiger partial charge in [-0.3, -0.25) is 4.79 Å². The molecule has 0 radical (unpaired) electrons. The Bertz CT molecular complexity index is 313. The Balaban J connectivity index is 0.00000200. The Kier molecular flexibility index (Phi) is 9.81. The number of hydrogen-bond acceptors (Lipinski definition) is 4. The Morgan fingerprint density at radius 3 is 2.62 bits per heavy atom. The van der Waals surface area contributed by atoms with E-state index in [0.717, 1.165) is 52.0 Å². The Labute approximate surface area is 140 Å². The monoisotopic (exact) mass is 341 g/mol. The first-order valence-corrected chi connectivity index (χ1v) is 7.49. The van der Waals surface area contributed by atoms with Gasteiger partial charge in [0.2, 0.25) is 0 Å². The van der Waals surface area contributed by atoms with Crippen LogP contribution in [-0.4, -0.2) is 62.3 Å². The van der Waals surface area contributed by atoms with Crippen molar-refractivity contribution in [2.75, 3.05) is 39.8 Å². The molecular formula is C14H29Cl2N3O2. The summed E-state index contributed by atoms with van der Waals surface area (Å²) in [5, 5.41) is 6.49. The summed E-state index contributed by atoms with van der Waals surface area (Å²) in [5.74, 6) is 0.0828. The Morgan fingerprint density at radius 1 is 1.38 bits per heavy atom. The van der Waals surface area contributed by atoms with Gasteiger partial charge in [0.05, 0.1) is 0 Å². The summed E-state index contributed by atoms with van der Waals surface area (Å²) in [4.78, 5) is 14.9. The second kappa shape index (κ2) is 9.85. The molecule has 2 aliphatic heterocycles. The van der Waals surface area contributed by atoms with Crippen LogP contribution in [0.25, 0.3) is 0 Å². The maximum absolute atomic E-state index is 12.5. The normalized spacial score (nSPS) is 25.3. The number of rotatable bonds is 4. The van der Waals surface area contributed by atoms with Gasteiger partial charge in [-0.15, -0.1) is 24.8 Å². The van der Waals surface area contributed by atoms with E-state index in [1.807, 2.05) is 0 Å². The molecule has 0 aromatic carbocycles. The summed E-state index contributed by atoms with van der Waals surface area (Å²) in [6.07, 6.45) is 3.78. The van der Waals surface area contributed by atoms with Crippen molar-refractivity contribution in [3.63, 3.8) is 0 Å². The van der Waals surface area contributed by atoms with Crippen molar-refractivity contribution in [3.8, 4) is 0 Å². The number of nitrogens with zero attached hydrogens (tertiary/aromatic N) is 1. The minimum absolute atomic E-state index is 0. The van der Waals surface area contributed by atoms with Crippen LogP contribution in [0.5, 0.6) is 0 Å². The van der Waals surface area contributed by atoms with Gasteiger partial charge in [0.25, 0.3) is 5.91 Å². The number of halogens is 2. The van der Waals surface area contributed by atoms with E-state index in [2.05, 4.69) is 22.5 Å². The lowest BCUT2D eigenvalue weighted by Gasteiger charge is -2.38. The lowest BCUT2D eigenvalue weighted by atomic mass is 9.90. The first-order valence-electron chi connectivity index (χ1n) is 7.49. The minimum Gasteiger partial charge on any atom is -0.368 e. The molecule has 1 atom stereocenters. The van der Waals surface area contributed by atoms with E-state index in [1.165, 1.54) is 6.42 Å². The third-order valence-electron chi connectivity index (χ3n) is 4.50. The lowest BCUT2D eigenvalue weighted by Crippen LogP contribution is -2.58. The summed E-state index contributed by atoms with van der Waals surface area (Å²) < 4.78 is 5.57.